The second-order valence-corrected chi connectivity index (χ2v) is 3.78. The van der Waals surface area contributed by atoms with Crippen molar-refractivity contribution in [2.45, 2.75) is 12.5 Å². The number of hydrogen-bond acceptors (Lipinski definition) is 2. The normalized spacial score (nSPS) is 19.9. The molecule has 2 amide bonds. The van der Waals surface area contributed by atoms with Crippen LogP contribution in [0.3, 0.4) is 0 Å². The van der Waals surface area contributed by atoms with Crippen LogP contribution in [0.1, 0.15) is 18.0 Å². The summed E-state index contributed by atoms with van der Waals surface area (Å²) < 4.78 is 0. The Hall–Kier alpha value is -1.61. The first-order valence-electron chi connectivity index (χ1n) is 4.92. The van der Waals surface area contributed by atoms with Gasteiger partial charge in [-0.25, -0.2) is 0 Å². The molecule has 1 fully saturated rings. The number of carbonyl (C=O) groups is 2. The number of imide groups is 1. The van der Waals surface area contributed by atoms with Gasteiger partial charge in [-0.15, -0.1) is 0 Å². The third-order valence-corrected chi connectivity index (χ3v) is 2.70. The number of hydrogen-bond donors (Lipinski definition) is 0. The molecule has 2 rings (SSSR count). The lowest BCUT2D eigenvalue weighted by Crippen LogP contribution is -2.49. The minimum Gasteiger partial charge on any atom is -0.274 e. The number of benzene rings is 1. The molecule has 0 unspecified atom stereocenters. The Labute approximate surface area is 98.3 Å². The maximum atomic E-state index is 11.6. The van der Waals surface area contributed by atoms with Gasteiger partial charge in [-0.05, 0) is 5.56 Å². The second kappa shape index (κ2) is 4.49. The van der Waals surface area contributed by atoms with Crippen molar-refractivity contribution in [2.24, 2.45) is 0 Å². The van der Waals surface area contributed by atoms with Crippen molar-refractivity contribution >= 4 is 23.4 Å². The van der Waals surface area contributed by atoms with E-state index < -0.39 is 0 Å². The van der Waals surface area contributed by atoms with Gasteiger partial charge in [0.15, 0.2) is 0 Å². The van der Waals surface area contributed by atoms with Crippen LogP contribution in [0.25, 0.3) is 0 Å². The zero-order valence-corrected chi connectivity index (χ0v) is 9.22. The molecule has 82 valence electrons. The average Bonchev–Trinajstić information content (AvgIpc) is 2.27. The van der Waals surface area contributed by atoms with Gasteiger partial charge in [0.1, 0.15) is 0 Å². The maximum absolute atomic E-state index is 11.6. The zero-order valence-electron chi connectivity index (χ0n) is 8.47. The van der Waals surface area contributed by atoms with Crippen molar-refractivity contribution in [3.05, 3.63) is 47.5 Å². The van der Waals surface area contributed by atoms with E-state index >= 15 is 0 Å². The summed E-state index contributed by atoms with van der Waals surface area (Å²) in [4.78, 5) is 24.1. The van der Waals surface area contributed by atoms with Gasteiger partial charge in [0, 0.05) is 11.6 Å². The molecule has 1 heterocycles. The summed E-state index contributed by atoms with van der Waals surface area (Å²) in [5.41, 5.74) is 2.09. The van der Waals surface area contributed by atoms with Crippen LogP contribution in [0.4, 0.5) is 0 Å². The van der Waals surface area contributed by atoms with E-state index in [4.69, 9.17) is 11.6 Å². The van der Waals surface area contributed by atoms with Gasteiger partial charge in [0.2, 0.25) is 5.91 Å². The maximum Gasteiger partial charge on any atom is 0.254 e. The van der Waals surface area contributed by atoms with Crippen molar-refractivity contribution in [1.82, 2.24) is 4.90 Å². The number of rotatable bonds is 2. The topological polar surface area (TPSA) is 37.4 Å². The SMILES string of the molecule is O=C(C=CCl)N1C(=O)C[C@H]1c1ccccc1. The molecule has 1 aromatic rings. The molecule has 1 saturated heterocycles. The number of amides is 2. The van der Waals surface area contributed by atoms with Crippen molar-refractivity contribution in [3.63, 3.8) is 0 Å². The van der Waals surface area contributed by atoms with Crippen LogP contribution in [0.5, 0.6) is 0 Å². The number of carbonyl (C=O) groups excluding carboxylic acids is 2. The van der Waals surface area contributed by atoms with Gasteiger partial charge >= 0.3 is 0 Å². The highest BCUT2D eigenvalue weighted by Crippen LogP contribution is 2.34. The summed E-state index contributed by atoms with van der Waals surface area (Å²) in [7, 11) is 0. The summed E-state index contributed by atoms with van der Waals surface area (Å²) in [5.74, 6) is -0.520. The van der Waals surface area contributed by atoms with Gasteiger partial charge in [-0.1, -0.05) is 41.9 Å². The highest BCUT2D eigenvalue weighted by molar-refractivity contribution is 6.27. The molecule has 1 atom stereocenters. The van der Waals surface area contributed by atoms with Gasteiger partial charge in [0.25, 0.3) is 5.91 Å². The molecule has 0 bridgehead atoms. The van der Waals surface area contributed by atoms with Crippen LogP contribution in [0, 0.1) is 0 Å². The Kier molecular flexibility index (Phi) is 3.06. The molecule has 1 aliphatic heterocycles. The first-order valence-corrected chi connectivity index (χ1v) is 5.35. The molecule has 3 nitrogen and oxygen atoms in total. The summed E-state index contributed by atoms with van der Waals surface area (Å²) in [6.45, 7) is 0. The Morgan fingerprint density at radius 2 is 2.06 bits per heavy atom. The fraction of sp³-hybridized carbons (Fsp3) is 0.167. The van der Waals surface area contributed by atoms with Crippen LogP contribution < -0.4 is 0 Å². The minimum atomic E-state index is -0.361. The molecule has 1 aliphatic rings. The highest BCUT2D eigenvalue weighted by Gasteiger charge is 2.40. The monoisotopic (exact) mass is 235 g/mol. The van der Waals surface area contributed by atoms with Crippen LogP contribution >= 0.6 is 11.6 Å². The van der Waals surface area contributed by atoms with E-state index in [1.165, 1.54) is 11.0 Å². The summed E-state index contributed by atoms with van der Waals surface area (Å²) in [6.07, 6.45) is 1.57. The third kappa shape index (κ3) is 1.86. The molecule has 0 saturated carbocycles. The molecule has 0 spiro atoms. The van der Waals surface area contributed by atoms with Crippen molar-refractivity contribution in [2.75, 3.05) is 0 Å². The Balaban J connectivity index is 2.19. The standard InChI is InChI=1S/C12H10ClNO2/c13-7-6-11(15)14-10(8-12(14)16)9-4-2-1-3-5-9/h1-7,10H,8H2/t10-/m0/s1. The number of nitrogens with zero attached hydrogens (tertiary/aromatic N) is 1. The molecule has 4 heteroatoms. The number of β-lactam (4-membered cyclic amide) rings is 1. The van der Waals surface area contributed by atoms with Crippen LogP contribution in [-0.4, -0.2) is 16.7 Å². The second-order valence-electron chi connectivity index (χ2n) is 3.53. The summed E-state index contributed by atoms with van der Waals surface area (Å²) >= 11 is 5.32. The van der Waals surface area contributed by atoms with E-state index in [1.54, 1.807) is 0 Å². The molecular weight excluding hydrogens is 226 g/mol. The van der Waals surface area contributed by atoms with Gasteiger partial charge < -0.3 is 0 Å². The zero-order chi connectivity index (χ0) is 11.5. The predicted octanol–water partition coefficient (Wildman–Crippen LogP) is 2.24. The molecule has 0 N–H and O–H groups in total. The fourth-order valence-corrected chi connectivity index (χ4v) is 1.88. The smallest absolute Gasteiger partial charge is 0.254 e. The highest BCUT2D eigenvalue weighted by atomic mass is 35.5. The first kappa shape index (κ1) is 10.9. The molecule has 0 aliphatic carbocycles. The van der Waals surface area contributed by atoms with Crippen molar-refractivity contribution < 1.29 is 9.59 Å². The van der Waals surface area contributed by atoms with E-state index in [0.29, 0.717) is 6.42 Å². The Bertz CT molecular complexity index is 442. The molecule has 16 heavy (non-hydrogen) atoms. The molecule has 0 aromatic heterocycles. The Morgan fingerprint density at radius 3 is 2.62 bits per heavy atom. The van der Waals surface area contributed by atoms with E-state index in [-0.39, 0.29) is 17.9 Å². The fourth-order valence-electron chi connectivity index (χ4n) is 1.77. The van der Waals surface area contributed by atoms with Gasteiger partial charge in [-0.3, -0.25) is 14.5 Å². The van der Waals surface area contributed by atoms with Gasteiger partial charge in [0.05, 0.1) is 12.5 Å². The Morgan fingerprint density at radius 1 is 1.38 bits per heavy atom. The van der Waals surface area contributed by atoms with E-state index in [9.17, 15) is 9.59 Å². The van der Waals surface area contributed by atoms with Gasteiger partial charge in [-0.2, -0.15) is 0 Å². The minimum absolute atomic E-state index is 0.144. The predicted molar refractivity (Wildman–Crippen MR) is 60.6 cm³/mol. The lowest BCUT2D eigenvalue weighted by atomic mass is 9.94. The first-order chi connectivity index (χ1) is 7.74. The third-order valence-electron chi connectivity index (χ3n) is 2.58. The summed E-state index contributed by atoms with van der Waals surface area (Å²) in [5, 5.41) is 0. The molecular formula is C12H10ClNO2. The largest absolute Gasteiger partial charge is 0.274 e. The van der Waals surface area contributed by atoms with Crippen molar-refractivity contribution in [3.8, 4) is 0 Å². The lowest BCUT2D eigenvalue weighted by Gasteiger charge is -2.38. The molecule has 0 radical (unpaired) electrons. The van der Waals surface area contributed by atoms with Crippen LogP contribution in [0.2, 0.25) is 0 Å². The lowest BCUT2D eigenvalue weighted by molar-refractivity contribution is -0.155. The number of likely N-dealkylation sites (tertiary alicyclic amines) is 1. The van der Waals surface area contributed by atoms with E-state index in [1.807, 2.05) is 30.3 Å². The summed E-state index contributed by atoms with van der Waals surface area (Å²) in [6, 6.07) is 9.34. The van der Waals surface area contributed by atoms with E-state index in [2.05, 4.69) is 0 Å². The average molecular weight is 236 g/mol. The van der Waals surface area contributed by atoms with Crippen molar-refractivity contribution in [1.29, 1.82) is 0 Å². The van der Waals surface area contributed by atoms with E-state index in [0.717, 1.165) is 11.1 Å². The molecule has 1 aromatic carbocycles. The van der Waals surface area contributed by atoms with Crippen LogP contribution in [-0.2, 0) is 9.59 Å². The van der Waals surface area contributed by atoms with Crippen LogP contribution in [0.15, 0.2) is 41.9 Å². The quantitative estimate of drug-likeness (QED) is 0.582. The number of halogens is 1.